The third kappa shape index (κ3) is 2.42. The molecule has 2 N–H and O–H groups in total. The van der Waals surface area contributed by atoms with E-state index in [1.165, 1.54) is 0 Å². The summed E-state index contributed by atoms with van der Waals surface area (Å²) in [5.41, 5.74) is 1.07. The number of amides is 1. The van der Waals surface area contributed by atoms with E-state index in [9.17, 15) is 9.90 Å². The molecular weight excluding hydrogens is 202 g/mol. The quantitative estimate of drug-likeness (QED) is 0.812. The van der Waals surface area contributed by atoms with Gasteiger partial charge in [-0.25, -0.2) is 0 Å². The molecule has 0 bridgehead atoms. The van der Waals surface area contributed by atoms with Crippen LogP contribution >= 0.6 is 0 Å². The van der Waals surface area contributed by atoms with E-state index < -0.39 is 5.60 Å². The van der Waals surface area contributed by atoms with Crippen LogP contribution in [0.5, 0.6) is 0 Å². The molecule has 1 aliphatic carbocycles. The Morgan fingerprint density at radius 3 is 2.81 bits per heavy atom. The van der Waals surface area contributed by atoms with Gasteiger partial charge in [0.15, 0.2) is 0 Å². The summed E-state index contributed by atoms with van der Waals surface area (Å²) >= 11 is 0. The van der Waals surface area contributed by atoms with Gasteiger partial charge < -0.3 is 10.4 Å². The molecule has 1 amide bonds. The van der Waals surface area contributed by atoms with Gasteiger partial charge in [0.1, 0.15) is 0 Å². The van der Waals surface area contributed by atoms with Crippen LogP contribution in [0, 0.1) is 6.92 Å². The molecule has 0 aliphatic heterocycles. The van der Waals surface area contributed by atoms with Crippen molar-refractivity contribution in [2.24, 2.45) is 0 Å². The number of hydrogen-bond donors (Lipinski definition) is 2. The van der Waals surface area contributed by atoms with Crippen molar-refractivity contribution in [1.82, 2.24) is 5.32 Å². The van der Waals surface area contributed by atoms with Gasteiger partial charge in [0.25, 0.3) is 5.91 Å². The first-order valence-electron chi connectivity index (χ1n) is 5.66. The van der Waals surface area contributed by atoms with E-state index in [1.807, 2.05) is 25.1 Å². The lowest BCUT2D eigenvalue weighted by Gasteiger charge is -2.36. The summed E-state index contributed by atoms with van der Waals surface area (Å²) in [5, 5.41) is 12.6. The summed E-state index contributed by atoms with van der Waals surface area (Å²) < 4.78 is 0. The summed E-state index contributed by atoms with van der Waals surface area (Å²) in [7, 11) is 0. The van der Waals surface area contributed by atoms with Crippen LogP contribution in [0.3, 0.4) is 0 Å². The SMILES string of the molecule is Cc1cccc(C(=O)NCC2(O)CCC2)c1. The summed E-state index contributed by atoms with van der Waals surface area (Å²) in [6, 6.07) is 7.45. The number of aryl methyl sites for hydroxylation is 1. The second-order valence-corrected chi connectivity index (χ2v) is 4.63. The van der Waals surface area contributed by atoms with Crippen LogP contribution in [0.4, 0.5) is 0 Å². The van der Waals surface area contributed by atoms with Crippen LogP contribution in [0.2, 0.25) is 0 Å². The van der Waals surface area contributed by atoms with Gasteiger partial charge in [-0.05, 0) is 38.3 Å². The van der Waals surface area contributed by atoms with Gasteiger partial charge in [0, 0.05) is 12.1 Å². The Labute approximate surface area is 95.5 Å². The number of hydrogen-bond acceptors (Lipinski definition) is 2. The molecule has 1 saturated carbocycles. The summed E-state index contributed by atoms with van der Waals surface area (Å²) in [6.07, 6.45) is 2.64. The molecule has 0 spiro atoms. The van der Waals surface area contributed by atoms with Gasteiger partial charge >= 0.3 is 0 Å². The molecular formula is C13H17NO2. The van der Waals surface area contributed by atoms with Gasteiger partial charge in [0.2, 0.25) is 0 Å². The monoisotopic (exact) mass is 219 g/mol. The molecule has 1 fully saturated rings. The lowest BCUT2D eigenvalue weighted by molar-refractivity contribution is -0.0300. The molecule has 0 saturated heterocycles. The summed E-state index contributed by atoms with van der Waals surface area (Å²) in [5.74, 6) is -0.107. The molecule has 1 aliphatic rings. The Hall–Kier alpha value is -1.35. The van der Waals surface area contributed by atoms with Crippen molar-refractivity contribution in [2.45, 2.75) is 31.8 Å². The van der Waals surface area contributed by atoms with E-state index in [0.29, 0.717) is 12.1 Å². The Morgan fingerprint density at radius 2 is 2.25 bits per heavy atom. The van der Waals surface area contributed by atoms with E-state index in [2.05, 4.69) is 5.32 Å². The zero-order chi connectivity index (χ0) is 11.6. The predicted molar refractivity (Wildman–Crippen MR) is 62.3 cm³/mol. The smallest absolute Gasteiger partial charge is 0.251 e. The standard InChI is InChI=1S/C13H17NO2/c1-10-4-2-5-11(8-10)12(15)14-9-13(16)6-3-7-13/h2,4-5,8,16H,3,6-7,9H2,1H3,(H,14,15). The first-order chi connectivity index (χ1) is 7.59. The molecule has 1 aromatic carbocycles. The number of aliphatic hydroxyl groups is 1. The highest BCUT2D eigenvalue weighted by molar-refractivity contribution is 5.94. The second-order valence-electron chi connectivity index (χ2n) is 4.63. The van der Waals surface area contributed by atoms with Gasteiger partial charge in [-0.1, -0.05) is 17.7 Å². The van der Waals surface area contributed by atoms with Crippen LogP contribution < -0.4 is 5.32 Å². The Balaban J connectivity index is 1.93. The van der Waals surface area contributed by atoms with Crippen LogP contribution in [0.1, 0.15) is 35.2 Å². The molecule has 0 aromatic heterocycles. The maximum absolute atomic E-state index is 11.8. The molecule has 1 aromatic rings. The molecule has 3 heteroatoms. The first kappa shape index (κ1) is 11.1. The summed E-state index contributed by atoms with van der Waals surface area (Å²) in [4.78, 5) is 11.8. The number of rotatable bonds is 3. The van der Waals surface area contributed by atoms with E-state index in [-0.39, 0.29) is 5.91 Å². The number of carbonyl (C=O) groups excluding carboxylic acids is 1. The van der Waals surface area contributed by atoms with Crippen molar-refractivity contribution in [2.75, 3.05) is 6.54 Å². The molecule has 2 rings (SSSR count). The van der Waals surface area contributed by atoms with Gasteiger partial charge in [-0.2, -0.15) is 0 Å². The predicted octanol–water partition coefficient (Wildman–Crippen LogP) is 1.64. The first-order valence-corrected chi connectivity index (χ1v) is 5.66. The molecule has 0 heterocycles. The van der Waals surface area contributed by atoms with Gasteiger partial charge in [-0.15, -0.1) is 0 Å². The maximum atomic E-state index is 11.8. The highest BCUT2D eigenvalue weighted by Gasteiger charge is 2.34. The van der Waals surface area contributed by atoms with Crippen LogP contribution in [0.25, 0.3) is 0 Å². The lowest BCUT2D eigenvalue weighted by Crippen LogP contribution is -2.47. The topological polar surface area (TPSA) is 49.3 Å². The average Bonchev–Trinajstić information content (AvgIpc) is 2.23. The fourth-order valence-corrected chi connectivity index (χ4v) is 1.89. The van der Waals surface area contributed by atoms with Crippen molar-refractivity contribution < 1.29 is 9.90 Å². The Kier molecular flexibility index (Phi) is 2.97. The third-order valence-electron chi connectivity index (χ3n) is 3.14. The fourth-order valence-electron chi connectivity index (χ4n) is 1.89. The van der Waals surface area contributed by atoms with Crippen molar-refractivity contribution in [3.63, 3.8) is 0 Å². The van der Waals surface area contributed by atoms with Crippen molar-refractivity contribution >= 4 is 5.91 Å². The Morgan fingerprint density at radius 1 is 1.50 bits per heavy atom. The van der Waals surface area contributed by atoms with Crippen LogP contribution in [-0.4, -0.2) is 23.2 Å². The molecule has 86 valence electrons. The molecule has 16 heavy (non-hydrogen) atoms. The van der Waals surface area contributed by atoms with E-state index in [0.717, 1.165) is 24.8 Å². The Bertz CT molecular complexity index is 397. The zero-order valence-corrected chi connectivity index (χ0v) is 9.49. The number of nitrogens with one attached hydrogen (secondary N) is 1. The van der Waals surface area contributed by atoms with Crippen LogP contribution in [-0.2, 0) is 0 Å². The largest absolute Gasteiger partial charge is 0.388 e. The normalized spacial score (nSPS) is 17.6. The summed E-state index contributed by atoms with van der Waals surface area (Å²) in [6.45, 7) is 2.32. The average molecular weight is 219 g/mol. The van der Waals surface area contributed by atoms with E-state index >= 15 is 0 Å². The van der Waals surface area contributed by atoms with Gasteiger partial charge in [-0.3, -0.25) is 4.79 Å². The van der Waals surface area contributed by atoms with Crippen LogP contribution in [0.15, 0.2) is 24.3 Å². The van der Waals surface area contributed by atoms with Crippen molar-refractivity contribution in [3.05, 3.63) is 35.4 Å². The molecule has 0 unspecified atom stereocenters. The zero-order valence-electron chi connectivity index (χ0n) is 9.49. The van der Waals surface area contributed by atoms with Gasteiger partial charge in [0.05, 0.1) is 5.60 Å². The van der Waals surface area contributed by atoms with E-state index in [4.69, 9.17) is 0 Å². The van der Waals surface area contributed by atoms with Crippen molar-refractivity contribution in [1.29, 1.82) is 0 Å². The minimum atomic E-state index is -0.653. The minimum absolute atomic E-state index is 0.107. The molecule has 0 atom stereocenters. The highest BCUT2D eigenvalue weighted by Crippen LogP contribution is 2.30. The highest BCUT2D eigenvalue weighted by atomic mass is 16.3. The molecule has 0 radical (unpaired) electrons. The second kappa shape index (κ2) is 4.26. The number of carbonyl (C=O) groups is 1. The maximum Gasteiger partial charge on any atom is 0.251 e. The van der Waals surface area contributed by atoms with Crippen molar-refractivity contribution in [3.8, 4) is 0 Å². The number of benzene rings is 1. The molecule has 3 nitrogen and oxygen atoms in total. The lowest BCUT2D eigenvalue weighted by atomic mass is 9.80. The fraction of sp³-hybridized carbons (Fsp3) is 0.462. The third-order valence-corrected chi connectivity index (χ3v) is 3.14. The minimum Gasteiger partial charge on any atom is -0.388 e. The van der Waals surface area contributed by atoms with E-state index in [1.54, 1.807) is 6.07 Å².